The minimum absolute atomic E-state index is 0.147. The van der Waals surface area contributed by atoms with Crippen LogP contribution >= 0.6 is 39.5 Å². The topological polar surface area (TPSA) is 54.0 Å². The molecule has 0 radical (unpaired) electrons. The van der Waals surface area contributed by atoms with E-state index in [9.17, 15) is 9.18 Å². The second-order valence-corrected chi connectivity index (χ2v) is 4.65. The molecule has 0 spiro atoms. The standard InChI is InChI=1S/C8H8BrClFN3OS/c1-4(15)14-16-3-13-5-2-12-8(10)7(11)6(5)9/h2,13H,3H2,1H3,(H,14,15). The third kappa shape index (κ3) is 3.80. The van der Waals surface area contributed by atoms with Gasteiger partial charge in [0, 0.05) is 6.92 Å². The van der Waals surface area contributed by atoms with E-state index in [0.717, 1.165) is 11.9 Å². The normalized spacial score (nSPS) is 10.0. The maximum atomic E-state index is 13.3. The van der Waals surface area contributed by atoms with Crippen molar-refractivity contribution >= 4 is 51.1 Å². The number of nitrogens with one attached hydrogen (secondary N) is 2. The summed E-state index contributed by atoms with van der Waals surface area (Å²) in [7, 11) is 0. The quantitative estimate of drug-likeness (QED) is 0.386. The summed E-state index contributed by atoms with van der Waals surface area (Å²) in [6.45, 7) is 1.41. The molecule has 4 nitrogen and oxygen atoms in total. The Balaban J connectivity index is 2.55. The summed E-state index contributed by atoms with van der Waals surface area (Å²) in [6.07, 6.45) is 1.41. The number of pyridine rings is 1. The molecule has 1 amide bonds. The van der Waals surface area contributed by atoms with E-state index in [-0.39, 0.29) is 15.5 Å². The van der Waals surface area contributed by atoms with Crippen molar-refractivity contribution in [3.8, 4) is 0 Å². The monoisotopic (exact) mass is 327 g/mol. The van der Waals surface area contributed by atoms with Gasteiger partial charge in [0.2, 0.25) is 5.91 Å². The van der Waals surface area contributed by atoms with Crippen molar-refractivity contribution in [2.24, 2.45) is 0 Å². The van der Waals surface area contributed by atoms with Crippen LogP contribution in [0.3, 0.4) is 0 Å². The van der Waals surface area contributed by atoms with E-state index in [0.29, 0.717) is 11.6 Å². The number of aromatic nitrogens is 1. The molecule has 1 aromatic heterocycles. The average molecular weight is 329 g/mol. The molecule has 88 valence electrons. The van der Waals surface area contributed by atoms with Gasteiger partial charge in [-0.05, 0) is 27.9 Å². The van der Waals surface area contributed by atoms with Crippen LogP contribution in [-0.2, 0) is 4.79 Å². The molecule has 16 heavy (non-hydrogen) atoms. The number of anilines is 1. The summed E-state index contributed by atoms with van der Waals surface area (Å²) >= 11 is 9.70. The van der Waals surface area contributed by atoms with Gasteiger partial charge >= 0.3 is 0 Å². The van der Waals surface area contributed by atoms with Gasteiger partial charge in [0.1, 0.15) is 0 Å². The zero-order valence-electron chi connectivity index (χ0n) is 8.18. The van der Waals surface area contributed by atoms with Crippen molar-refractivity contribution in [2.75, 3.05) is 11.2 Å². The zero-order valence-corrected chi connectivity index (χ0v) is 11.3. The summed E-state index contributed by atoms with van der Waals surface area (Å²) in [5, 5.41) is 2.69. The molecule has 1 heterocycles. The molecule has 0 saturated carbocycles. The van der Waals surface area contributed by atoms with E-state index < -0.39 is 5.82 Å². The number of hydrogen-bond acceptors (Lipinski definition) is 4. The molecule has 0 aromatic carbocycles. The smallest absolute Gasteiger partial charge is 0.226 e. The first kappa shape index (κ1) is 13.5. The molecule has 2 N–H and O–H groups in total. The maximum Gasteiger partial charge on any atom is 0.226 e. The predicted molar refractivity (Wildman–Crippen MR) is 66.8 cm³/mol. The third-order valence-electron chi connectivity index (χ3n) is 1.47. The second kappa shape index (κ2) is 6.27. The Morgan fingerprint density at radius 3 is 3.06 bits per heavy atom. The molecule has 0 fully saturated rings. The van der Waals surface area contributed by atoms with Gasteiger partial charge in [-0.15, -0.1) is 0 Å². The van der Waals surface area contributed by atoms with Crippen LogP contribution in [0.4, 0.5) is 10.1 Å². The van der Waals surface area contributed by atoms with Gasteiger partial charge in [-0.1, -0.05) is 11.6 Å². The van der Waals surface area contributed by atoms with E-state index in [4.69, 9.17) is 11.6 Å². The van der Waals surface area contributed by atoms with Crippen LogP contribution in [0.5, 0.6) is 0 Å². The molecule has 0 unspecified atom stereocenters. The lowest BCUT2D eigenvalue weighted by Crippen LogP contribution is -2.14. The Kier molecular flexibility index (Phi) is 5.30. The third-order valence-corrected chi connectivity index (χ3v) is 3.23. The molecule has 8 heteroatoms. The van der Waals surface area contributed by atoms with E-state index in [1.807, 2.05) is 0 Å². The van der Waals surface area contributed by atoms with Crippen LogP contribution in [0, 0.1) is 5.82 Å². The van der Waals surface area contributed by atoms with Crippen LogP contribution in [0.2, 0.25) is 5.15 Å². The fourth-order valence-corrected chi connectivity index (χ4v) is 2.01. The van der Waals surface area contributed by atoms with Crippen molar-refractivity contribution in [2.45, 2.75) is 6.92 Å². The molecule has 0 saturated heterocycles. The Labute approximate surface area is 110 Å². The molecule has 1 aromatic rings. The second-order valence-electron chi connectivity index (χ2n) is 2.71. The van der Waals surface area contributed by atoms with Gasteiger partial charge in [-0.3, -0.25) is 9.52 Å². The Morgan fingerprint density at radius 2 is 2.44 bits per heavy atom. The van der Waals surface area contributed by atoms with Crippen molar-refractivity contribution < 1.29 is 9.18 Å². The highest BCUT2D eigenvalue weighted by Gasteiger charge is 2.10. The van der Waals surface area contributed by atoms with E-state index in [1.54, 1.807) is 0 Å². The molecule has 0 aliphatic carbocycles. The number of rotatable bonds is 4. The highest BCUT2D eigenvalue weighted by atomic mass is 79.9. The predicted octanol–water partition coefficient (Wildman–Crippen LogP) is 2.79. The number of halogens is 3. The van der Waals surface area contributed by atoms with Crippen LogP contribution in [0.15, 0.2) is 10.7 Å². The molecule has 0 aliphatic rings. The lowest BCUT2D eigenvalue weighted by atomic mass is 10.4. The molecule has 0 atom stereocenters. The minimum atomic E-state index is -0.615. The zero-order chi connectivity index (χ0) is 12.1. The number of nitrogens with zero attached hydrogens (tertiary/aromatic N) is 1. The fourth-order valence-electron chi connectivity index (χ4n) is 0.818. The number of hydrogen-bond donors (Lipinski definition) is 2. The summed E-state index contributed by atoms with van der Waals surface area (Å²) in [5.41, 5.74) is 0.472. The van der Waals surface area contributed by atoms with Crippen molar-refractivity contribution in [1.82, 2.24) is 9.71 Å². The first-order chi connectivity index (χ1) is 7.52. The Bertz CT molecular complexity index is 407. The van der Waals surface area contributed by atoms with E-state index in [2.05, 4.69) is 31.0 Å². The van der Waals surface area contributed by atoms with Gasteiger partial charge < -0.3 is 5.32 Å². The van der Waals surface area contributed by atoms with Gasteiger partial charge in [-0.2, -0.15) is 0 Å². The van der Waals surface area contributed by atoms with Crippen LogP contribution in [0.25, 0.3) is 0 Å². The summed E-state index contributed by atoms with van der Waals surface area (Å²) in [4.78, 5) is 14.2. The van der Waals surface area contributed by atoms with Gasteiger partial charge in [-0.25, -0.2) is 9.37 Å². The average Bonchev–Trinajstić information content (AvgIpc) is 2.23. The number of carbonyl (C=O) groups is 1. The Morgan fingerprint density at radius 1 is 1.75 bits per heavy atom. The number of carbonyl (C=O) groups excluding carboxylic acids is 1. The molecule has 1 rings (SSSR count). The van der Waals surface area contributed by atoms with Crippen LogP contribution in [-0.4, -0.2) is 16.8 Å². The summed E-state index contributed by atoms with van der Waals surface area (Å²) in [5.74, 6) is -0.372. The molecular formula is C8H8BrClFN3OS. The lowest BCUT2D eigenvalue weighted by Gasteiger charge is -2.08. The molecule has 0 bridgehead atoms. The highest BCUT2D eigenvalue weighted by Crippen LogP contribution is 2.28. The van der Waals surface area contributed by atoms with Gasteiger partial charge in [0.25, 0.3) is 0 Å². The van der Waals surface area contributed by atoms with E-state index in [1.165, 1.54) is 13.1 Å². The van der Waals surface area contributed by atoms with Gasteiger partial charge in [0.05, 0.1) is 22.2 Å². The first-order valence-corrected chi connectivity index (χ1v) is 6.29. The van der Waals surface area contributed by atoms with Crippen molar-refractivity contribution in [1.29, 1.82) is 0 Å². The molecule has 0 aliphatic heterocycles. The SMILES string of the molecule is CC(=O)NSCNc1cnc(Cl)c(F)c1Br. The van der Waals surface area contributed by atoms with Crippen LogP contribution in [0.1, 0.15) is 6.92 Å². The maximum absolute atomic E-state index is 13.3. The van der Waals surface area contributed by atoms with E-state index >= 15 is 0 Å². The largest absolute Gasteiger partial charge is 0.372 e. The highest BCUT2D eigenvalue weighted by molar-refractivity contribution is 9.10. The Hall–Kier alpha value is -0.530. The van der Waals surface area contributed by atoms with Crippen molar-refractivity contribution in [3.63, 3.8) is 0 Å². The fraction of sp³-hybridized carbons (Fsp3) is 0.250. The van der Waals surface area contributed by atoms with Gasteiger partial charge in [0.15, 0.2) is 11.0 Å². The first-order valence-electron chi connectivity index (χ1n) is 4.14. The number of amides is 1. The summed E-state index contributed by atoms with van der Waals surface area (Å²) in [6, 6.07) is 0. The lowest BCUT2D eigenvalue weighted by molar-refractivity contribution is -0.117. The summed E-state index contributed by atoms with van der Waals surface area (Å²) < 4.78 is 16.0. The van der Waals surface area contributed by atoms with Crippen LogP contribution < -0.4 is 10.0 Å². The molecular weight excluding hydrogens is 321 g/mol. The minimum Gasteiger partial charge on any atom is -0.372 e. The van der Waals surface area contributed by atoms with Crippen molar-refractivity contribution in [3.05, 3.63) is 21.6 Å².